The predicted molar refractivity (Wildman–Crippen MR) is 132 cm³/mol. The van der Waals surface area contributed by atoms with Gasteiger partial charge in [-0.25, -0.2) is 0 Å². The number of amides is 1. The van der Waals surface area contributed by atoms with Crippen LogP contribution in [0, 0.1) is 21.4 Å². The second-order valence-electron chi connectivity index (χ2n) is 6.84. The van der Waals surface area contributed by atoms with Crippen LogP contribution in [-0.4, -0.2) is 17.9 Å². The molecule has 0 saturated carbocycles. The highest BCUT2D eigenvalue weighted by Gasteiger charge is 2.15. The van der Waals surface area contributed by atoms with Gasteiger partial charge in [-0.2, -0.15) is 5.26 Å². The van der Waals surface area contributed by atoms with Gasteiger partial charge in [0.2, 0.25) is 0 Å². The van der Waals surface area contributed by atoms with E-state index in [1.54, 1.807) is 18.2 Å². The summed E-state index contributed by atoms with van der Waals surface area (Å²) in [5.41, 5.74) is 1.10. The summed E-state index contributed by atoms with van der Waals surface area (Å²) in [5.74, 6) is 0.108. The molecule has 0 heterocycles. The molecule has 0 aliphatic rings. The molecule has 0 saturated heterocycles. The maximum absolute atomic E-state index is 12.6. The van der Waals surface area contributed by atoms with E-state index in [4.69, 9.17) is 21.1 Å². The van der Waals surface area contributed by atoms with Crippen molar-refractivity contribution < 1.29 is 19.2 Å². The first kappa shape index (κ1) is 24.8. The number of nitro benzene ring substituents is 1. The van der Waals surface area contributed by atoms with Crippen molar-refractivity contribution in [2.45, 2.75) is 6.61 Å². The molecule has 3 aromatic rings. The van der Waals surface area contributed by atoms with E-state index in [0.717, 1.165) is 5.56 Å². The smallest absolute Gasteiger partial charge is 0.271 e. The minimum atomic E-state index is -0.715. The number of nitrogens with one attached hydrogen (secondary N) is 1. The van der Waals surface area contributed by atoms with Crippen LogP contribution >= 0.6 is 27.5 Å². The first-order valence-corrected chi connectivity index (χ1v) is 10.9. The number of nitrogens with zero attached hydrogens (tertiary/aromatic N) is 2. The zero-order chi connectivity index (χ0) is 24.7. The topological polar surface area (TPSA) is 114 Å². The zero-order valence-corrected chi connectivity index (χ0v) is 20.1. The van der Waals surface area contributed by atoms with Crippen LogP contribution in [0.4, 0.5) is 11.4 Å². The maximum Gasteiger partial charge on any atom is 0.271 e. The van der Waals surface area contributed by atoms with E-state index in [2.05, 4.69) is 21.2 Å². The number of ether oxygens (including phenoxy) is 2. The molecule has 0 fully saturated rings. The molecule has 1 N–H and O–H groups in total. The average molecular weight is 543 g/mol. The maximum atomic E-state index is 12.6. The molecular formula is C24H17BrClN3O5. The lowest BCUT2D eigenvalue weighted by atomic mass is 10.1. The molecule has 0 bridgehead atoms. The molecule has 0 radical (unpaired) electrons. The van der Waals surface area contributed by atoms with Gasteiger partial charge in [0.15, 0.2) is 11.5 Å². The monoisotopic (exact) mass is 541 g/mol. The number of non-ortho nitro benzene ring substituents is 1. The van der Waals surface area contributed by atoms with Gasteiger partial charge in [0.25, 0.3) is 11.6 Å². The number of carbonyl (C=O) groups is 1. The van der Waals surface area contributed by atoms with Gasteiger partial charge in [-0.3, -0.25) is 14.9 Å². The SMILES string of the molecule is COc1cc(/C=C(\C#N)C(=O)Nc2cccc([N+](=O)[O-])c2)c(Br)cc1OCc1ccccc1Cl. The fourth-order valence-corrected chi connectivity index (χ4v) is 3.53. The van der Waals surface area contributed by atoms with Gasteiger partial charge in [-0.15, -0.1) is 0 Å². The standard InChI is InChI=1S/C24H17BrClN3O5/c1-33-22-10-16(20(25)12-23(22)34-14-15-5-2-3-8-21(15)26)9-17(13-27)24(30)28-18-6-4-7-19(11-18)29(31)32/h2-12H,14H2,1H3,(H,28,30)/b17-9+. The van der Waals surface area contributed by atoms with Gasteiger partial charge in [0, 0.05) is 32.9 Å². The van der Waals surface area contributed by atoms with E-state index in [0.29, 0.717) is 26.6 Å². The van der Waals surface area contributed by atoms with E-state index in [9.17, 15) is 20.2 Å². The average Bonchev–Trinajstić information content (AvgIpc) is 2.83. The summed E-state index contributed by atoms with van der Waals surface area (Å²) in [6, 6.07) is 17.9. The highest BCUT2D eigenvalue weighted by molar-refractivity contribution is 9.10. The third kappa shape index (κ3) is 6.13. The van der Waals surface area contributed by atoms with Crippen molar-refractivity contribution in [2.75, 3.05) is 12.4 Å². The molecule has 0 aromatic heterocycles. The molecule has 10 heteroatoms. The van der Waals surface area contributed by atoms with Gasteiger partial charge in [0.05, 0.1) is 12.0 Å². The zero-order valence-electron chi connectivity index (χ0n) is 17.7. The van der Waals surface area contributed by atoms with Gasteiger partial charge >= 0.3 is 0 Å². The van der Waals surface area contributed by atoms with Crippen LogP contribution in [0.5, 0.6) is 11.5 Å². The van der Waals surface area contributed by atoms with Crippen molar-refractivity contribution in [3.63, 3.8) is 0 Å². The summed E-state index contributed by atoms with van der Waals surface area (Å²) >= 11 is 9.60. The number of methoxy groups -OCH3 is 1. The predicted octanol–water partition coefficient (Wildman–Crippen LogP) is 6.14. The summed E-state index contributed by atoms with van der Waals surface area (Å²) < 4.78 is 11.8. The molecule has 0 atom stereocenters. The number of hydrogen-bond donors (Lipinski definition) is 1. The molecule has 0 aliphatic heterocycles. The first-order valence-electron chi connectivity index (χ1n) is 9.73. The number of nitriles is 1. The molecule has 34 heavy (non-hydrogen) atoms. The van der Waals surface area contributed by atoms with Crippen LogP contribution in [0.1, 0.15) is 11.1 Å². The fourth-order valence-electron chi connectivity index (χ4n) is 2.90. The normalized spacial score (nSPS) is 10.8. The third-order valence-electron chi connectivity index (χ3n) is 4.60. The number of anilines is 1. The first-order chi connectivity index (χ1) is 16.3. The molecule has 1 amide bonds. The summed E-state index contributed by atoms with van der Waals surface area (Å²) in [6.45, 7) is 0.215. The van der Waals surface area contributed by atoms with Crippen LogP contribution in [0.15, 0.2) is 70.7 Å². The molecule has 3 aromatic carbocycles. The van der Waals surface area contributed by atoms with E-state index in [-0.39, 0.29) is 23.6 Å². The number of nitro groups is 1. The Hall–Kier alpha value is -3.87. The second-order valence-corrected chi connectivity index (χ2v) is 8.10. The van der Waals surface area contributed by atoms with Crippen molar-refractivity contribution in [2.24, 2.45) is 0 Å². The number of halogens is 2. The minimum Gasteiger partial charge on any atom is -0.493 e. The van der Waals surface area contributed by atoms with Crippen LogP contribution in [0.3, 0.4) is 0 Å². The van der Waals surface area contributed by atoms with Gasteiger partial charge in [0.1, 0.15) is 18.2 Å². The Balaban J connectivity index is 1.83. The Bertz CT molecular complexity index is 1320. The molecule has 172 valence electrons. The molecule has 0 spiro atoms. The lowest BCUT2D eigenvalue weighted by molar-refractivity contribution is -0.384. The van der Waals surface area contributed by atoms with Crippen LogP contribution in [0.2, 0.25) is 5.02 Å². The lowest BCUT2D eigenvalue weighted by Crippen LogP contribution is -2.13. The largest absolute Gasteiger partial charge is 0.493 e. The summed E-state index contributed by atoms with van der Waals surface area (Å²) in [7, 11) is 1.47. The van der Waals surface area contributed by atoms with Crippen molar-refractivity contribution in [3.8, 4) is 17.6 Å². The Morgan fingerprint density at radius 3 is 2.65 bits per heavy atom. The molecule has 0 unspecified atom stereocenters. The highest BCUT2D eigenvalue weighted by atomic mass is 79.9. The van der Waals surface area contributed by atoms with Gasteiger partial charge < -0.3 is 14.8 Å². The fraction of sp³-hybridized carbons (Fsp3) is 0.0833. The van der Waals surface area contributed by atoms with E-state index in [1.807, 2.05) is 24.3 Å². The van der Waals surface area contributed by atoms with Gasteiger partial charge in [-0.1, -0.05) is 51.8 Å². The molecule has 0 aliphatic carbocycles. The van der Waals surface area contributed by atoms with Crippen LogP contribution < -0.4 is 14.8 Å². The Kier molecular flexibility index (Phi) is 8.24. The highest BCUT2D eigenvalue weighted by Crippen LogP contribution is 2.35. The van der Waals surface area contributed by atoms with Gasteiger partial charge in [-0.05, 0) is 35.9 Å². The van der Waals surface area contributed by atoms with E-state index >= 15 is 0 Å². The third-order valence-corrected chi connectivity index (χ3v) is 5.66. The Morgan fingerprint density at radius 2 is 1.97 bits per heavy atom. The summed E-state index contributed by atoms with van der Waals surface area (Å²) in [6.07, 6.45) is 1.37. The number of rotatable bonds is 8. The van der Waals surface area contributed by atoms with E-state index in [1.165, 1.54) is 37.5 Å². The quantitative estimate of drug-likeness (QED) is 0.158. The summed E-state index contributed by atoms with van der Waals surface area (Å²) in [5, 5.41) is 23.5. The molecule has 8 nitrogen and oxygen atoms in total. The number of carbonyl (C=O) groups excluding carboxylic acids is 1. The Morgan fingerprint density at radius 1 is 1.21 bits per heavy atom. The number of hydrogen-bond acceptors (Lipinski definition) is 6. The molecule has 3 rings (SSSR count). The van der Waals surface area contributed by atoms with Crippen LogP contribution in [-0.2, 0) is 11.4 Å². The summed E-state index contributed by atoms with van der Waals surface area (Å²) in [4.78, 5) is 23.0. The van der Waals surface area contributed by atoms with E-state index < -0.39 is 10.8 Å². The second kappa shape index (κ2) is 11.3. The Labute approximate surface area is 208 Å². The number of benzene rings is 3. The van der Waals surface area contributed by atoms with Crippen molar-refractivity contribution in [1.82, 2.24) is 0 Å². The van der Waals surface area contributed by atoms with Crippen molar-refractivity contribution in [1.29, 1.82) is 5.26 Å². The van der Waals surface area contributed by atoms with Crippen LogP contribution in [0.25, 0.3) is 6.08 Å². The minimum absolute atomic E-state index is 0.180. The van der Waals surface area contributed by atoms with Crippen molar-refractivity contribution in [3.05, 3.63) is 97.0 Å². The lowest BCUT2D eigenvalue weighted by Gasteiger charge is -2.13. The molecular weight excluding hydrogens is 526 g/mol. The van der Waals surface area contributed by atoms with Crippen molar-refractivity contribution >= 4 is 50.9 Å².